The summed E-state index contributed by atoms with van der Waals surface area (Å²) < 4.78 is 10.2. The minimum atomic E-state index is -0.358. The standard InChI is InChI=1S/C17H18N2O5/c1-23-13-8-15(21)14(16(9-13)24-2)10-18-19-17(22)7-11-4-3-5-12(20)6-11/h3-6,8-10,20-21H,7H2,1-2H3,(H,19,22)/b18-10+. The van der Waals surface area contributed by atoms with Crippen LogP contribution in [0.15, 0.2) is 41.5 Å². The fraction of sp³-hybridized carbons (Fsp3) is 0.176. The van der Waals surface area contributed by atoms with Crippen LogP contribution in [0.4, 0.5) is 0 Å². The quantitative estimate of drug-likeness (QED) is 0.554. The van der Waals surface area contributed by atoms with Crippen molar-refractivity contribution in [3.8, 4) is 23.0 Å². The van der Waals surface area contributed by atoms with E-state index < -0.39 is 0 Å². The molecule has 2 aromatic rings. The van der Waals surface area contributed by atoms with E-state index in [1.807, 2.05) is 0 Å². The van der Waals surface area contributed by atoms with Crippen LogP contribution in [-0.4, -0.2) is 36.6 Å². The predicted octanol–water partition coefficient (Wildman–Crippen LogP) is 1.81. The predicted molar refractivity (Wildman–Crippen MR) is 88.8 cm³/mol. The van der Waals surface area contributed by atoms with Gasteiger partial charge < -0.3 is 19.7 Å². The van der Waals surface area contributed by atoms with Crippen molar-refractivity contribution in [2.45, 2.75) is 6.42 Å². The monoisotopic (exact) mass is 330 g/mol. The zero-order chi connectivity index (χ0) is 17.5. The number of rotatable bonds is 6. The number of hydrazone groups is 1. The fourth-order valence-corrected chi connectivity index (χ4v) is 2.06. The maximum atomic E-state index is 11.8. The van der Waals surface area contributed by atoms with E-state index in [1.54, 1.807) is 18.2 Å². The van der Waals surface area contributed by atoms with Crippen molar-refractivity contribution in [2.75, 3.05) is 14.2 Å². The average molecular weight is 330 g/mol. The third-order valence-corrected chi connectivity index (χ3v) is 3.21. The second-order valence-corrected chi connectivity index (χ2v) is 4.90. The number of carbonyl (C=O) groups excluding carboxylic acids is 1. The Labute approximate surface area is 139 Å². The van der Waals surface area contributed by atoms with Gasteiger partial charge in [-0.3, -0.25) is 4.79 Å². The van der Waals surface area contributed by atoms with Gasteiger partial charge in [0.25, 0.3) is 0 Å². The number of phenols is 2. The molecule has 0 aliphatic heterocycles. The molecule has 2 rings (SSSR count). The van der Waals surface area contributed by atoms with E-state index in [-0.39, 0.29) is 23.8 Å². The molecule has 0 heterocycles. The zero-order valence-electron chi connectivity index (χ0n) is 13.3. The molecule has 0 fully saturated rings. The molecule has 0 unspecified atom stereocenters. The molecule has 1 amide bonds. The normalized spacial score (nSPS) is 10.6. The number of benzene rings is 2. The van der Waals surface area contributed by atoms with E-state index in [0.29, 0.717) is 22.6 Å². The molecular formula is C17H18N2O5. The Kier molecular flexibility index (Phi) is 5.62. The van der Waals surface area contributed by atoms with Crippen molar-refractivity contribution in [3.05, 3.63) is 47.5 Å². The van der Waals surface area contributed by atoms with Gasteiger partial charge in [0.05, 0.1) is 32.4 Å². The van der Waals surface area contributed by atoms with Gasteiger partial charge in [-0.15, -0.1) is 0 Å². The van der Waals surface area contributed by atoms with Gasteiger partial charge >= 0.3 is 0 Å². The number of ether oxygens (including phenoxy) is 2. The molecular weight excluding hydrogens is 312 g/mol. The van der Waals surface area contributed by atoms with Crippen LogP contribution >= 0.6 is 0 Å². The highest BCUT2D eigenvalue weighted by Gasteiger charge is 2.10. The zero-order valence-corrected chi connectivity index (χ0v) is 13.3. The second kappa shape index (κ2) is 7.87. The first-order valence-corrected chi connectivity index (χ1v) is 7.08. The first kappa shape index (κ1) is 17.1. The van der Waals surface area contributed by atoms with Crippen LogP contribution in [0.1, 0.15) is 11.1 Å². The van der Waals surface area contributed by atoms with Crippen LogP contribution in [0.3, 0.4) is 0 Å². The maximum absolute atomic E-state index is 11.8. The second-order valence-electron chi connectivity index (χ2n) is 4.90. The number of hydrogen-bond donors (Lipinski definition) is 3. The van der Waals surface area contributed by atoms with Gasteiger partial charge in [0.1, 0.15) is 23.0 Å². The summed E-state index contributed by atoms with van der Waals surface area (Å²) in [5.41, 5.74) is 3.33. The van der Waals surface area contributed by atoms with Crippen LogP contribution in [0, 0.1) is 0 Å². The molecule has 0 bridgehead atoms. The summed E-state index contributed by atoms with van der Waals surface area (Å²) in [5.74, 6) is 0.449. The first-order valence-electron chi connectivity index (χ1n) is 7.08. The lowest BCUT2D eigenvalue weighted by Gasteiger charge is -2.09. The highest BCUT2D eigenvalue weighted by molar-refractivity contribution is 5.89. The largest absolute Gasteiger partial charge is 0.508 e. The third kappa shape index (κ3) is 4.39. The number of phenolic OH excluding ortho intramolecular Hbond substituents is 2. The SMILES string of the molecule is COc1cc(O)c(/C=N/NC(=O)Cc2cccc(O)c2)c(OC)c1. The van der Waals surface area contributed by atoms with E-state index in [0.717, 1.165) is 0 Å². The van der Waals surface area contributed by atoms with Crippen LogP contribution in [0.5, 0.6) is 23.0 Å². The summed E-state index contributed by atoms with van der Waals surface area (Å²) in [5, 5.41) is 23.2. The van der Waals surface area contributed by atoms with Crippen molar-refractivity contribution in [1.82, 2.24) is 5.43 Å². The van der Waals surface area contributed by atoms with Crippen LogP contribution in [0.25, 0.3) is 0 Å². The fourth-order valence-electron chi connectivity index (χ4n) is 2.06. The van der Waals surface area contributed by atoms with Gasteiger partial charge in [-0.05, 0) is 17.7 Å². The average Bonchev–Trinajstić information content (AvgIpc) is 2.55. The number of aromatic hydroxyl groups is 2. The summed E-state index contributed by atoms with van der Waals surface area (Å²) >= 11 is 0. The summed E-state index contributed by atoms with van der Waals surface area (Å²) in [7, 11) is 2.93. The van der Waals surface area contributed by atoms with E-state index in [9.17, 15) is 15.0 Å². The lowest BCUT2D eigenvalue weighted by molar-refractivity contribution is -0.120. The Morgan fingerprint density at radius 2 is 2.00 bits per heavy atom. The Balaban J connectivity index is 2.04. The van der Waals surface area contributed by atoms with Gasteiger partial charge in [0.2, 0.25) is 5.91 Å². The molecule has 24 heavy (non-hydrogen) atoms. The van der Waals surface area contributed by atoms with Crippen LogP contribution in [0.2, 0.25) is 0 Å². The first-order chi connectivity index (χ1) is 11.5. The van der Waals surface area contributed by atoms with Crippen LogP contribution < -0.4 is 14.9 Å². The highest BCUT2D eigenvalue weighted by atomic mass is 16.5. The molecule has 0 saturated carbocycles. The number of nitrogens with one attached hydrogen (secondary N) is 1. The molecule has 0 aliphatic carbocycles. The molecule has 0 aliphatic rings. The van der Waals surface area contributed by atoms with Gasteiger partial charge in [-0.25, -0.2) is 5.43 Å². The van der Waals surface area contributed by atoms with Gasteiger partial charge in [-0.2, -0.15) is 5.10 Å². The molecule has 0 aromatic heterocycles. The lowest BCUT2D eigenvalue weighted by atomic mass is 10.1. The van der Waals surface area contributed by atoms with Crippen molar-refractivity contribution in [2.24, 2.45) is 5.10 Å². The smallest absolute Gasteiger partial charge is 0.244 e. The topological polar surface area (TPSA) is 100 Å². The van der Waals surface area contributed by atoms with E-state index >= 15 is 0 Å². The summed E-state index contributed by atoms with van der Waals surface area (Å²) in [6.07, 6.45) is 1.35. The third-order valence-electron chi connectivity index (χ3n) is 3.21. The van der Waals surface area contributed by atoms with Crippen molar-refractivity contribution in [3.63, 3.8) is 0 Å². The van der Waals surface area contributed by atoms with Crippen molar-refractivity contribution < 1.29 is 24.5 Å². The molecule has 2 aromatic carbocycles. The minimum Gasteiger partial charge on any atom is -0.508 e. The van der Waals surface area contributed by atoms with Gasteiger partial charge in [0, 0.05) is 12.1 Å². The number of methoxy groups -OCH3 is 2. The summed E-state index contributed by atoms with van der Waals surface area (Å²) in [4.78, 5) is 11.8. The molecule has 0 atom stereocenters. The van der Waals surface area contributed by atoms with Crippen LogP contribution in [-0.2, 0) is 11.2 Å². The Bertz CT molecular complexity index is 759. The molecule has 7 nitrogen and oxygen atoms in total. The molecule has 126 valence electrons. The number of carbonyl (C=O) groups is 1. The Morgan fingerprint density at radius 1 is 1.21 bits per heavy atom. The van der Waals surface area contributed by atoms with E-state index in [2.05, 4.69) is 10.5 Å². The van der Waals surface area contributed by atoms with E-state index in [4.69, 9.17) is 9.47 Å². The van der Waals surface area contributed by atoms with Crippen molar-refractivity contribution >= 4 is 12.1 Å². The van der Waals surface area contributed by atoms with E-state index in [1.165, 1.54) is 38.6 Å². The molecule has 0 spiro atoms. The highest BCUT2D eigenvalue weighted by Crippen LogP contribution is 2.31. The maximum Gasteiger partial charge on any atom is 0.244 e. The summed E-state index contributed by atoms with van der Waals surface area (Å²) in [6, 6.07) is 9.41. The number of amides is 1. The lowest BCUT2D eigenvalue weighted by Crippen LogP contribution is -2.19. The summed E-state index contributed by atoms with van der Waals surface area (Å²) in [6.45, 7) is 0. The minimum absolute atomic E-state index is 0.0669. The van der Waals surface area contributed by atoms with Gasteiger partial charge in [-0.1, -0.05) is 12.1 Å². The number of hydrogen-bond acceptors (Lipinski definition) is 6. The van der Waals surface area contributed by atoms with Crippen molar-refractivity contribution in [1.29, 1.82) is 0 Å². The number of nitrogens with zero attached hydrogens (tertiary/aromatic N) is 1. The molecule has 0 saturated heterocycles. The molecule has 0 radical (unpaired) electrons. The molecule has 7 heteroatoms. The Morgan fingerprint density at radius 3 is 2.67 bits per heavy atom. The Hall–Kier alpha value is -3.22. The molecule has 3 N–H and O–H groups in total. The van der Waals surface area contributed by atoms with Gasteiger partial charge in [0.15, 0.2) is 0 Å².